The number of hydrogen-bond donors (Lipinski definition) is 2. The van der Waals surface area contributed by atoms with E-state index in [9.17, 15) is 0 Å². The SMILES string of the molecule is COc1cccc(N)c1C(N)=S. The number of methoxy groups -OCH3 is 1. The van der Waals surface area contributed by atoms with E-state index in [0.717, 1.165) is 0 Å². The monoisotopic (exact) mass is 182 g/mol. The Bertz CT molecular complexity index is 312. The van der Waals surface area contributed by atoms with Crippen molar-refractivity contribution in [3.8, 4) is 5.75 Å². The maximum atomic E-state index is 5.65. The number of rotatable bonds is 2. The Morgan fingerprint density at radius 2 is 2.17 bits per heavy atom. The van der Waals surface area contributed by atoms with Gasteiger partial charge in [-0.25, -0.2) is 0 Å². The van der Waals surface area contributed by atoms with Crippen LogP contribution in [0.2, 0.25) is 0 Å². The lowest BCUT2D eigenvalue weighted by atomic mass is 10.1. The number of thiocarbonyl (C=S) groups is 1. The Kier molecular flexibility index (Phi) is 2.50. The number of nitrogen functional groups attached to an aromatic ring is 1. The maximum absolute atomic E-state index is 5.65. The topological polar surface area (TPSA) is 61.3 Å². The molecule has 4 N–H and O–H groups in total. The Morgan fingerprint density at radius 1 is 1.50 bits per heavy atom. The molecular weight excluding hydrogens is 172 g/mol. The highest BCUT2D eigenvalue weighted by Crippen LogP contribution is 2.23. The standard InChI is InChI=1S/C8H10N2OS/c1-11-6-4-2-3-5(9)7(6)8(10)12/h2-4H,9H2,1H3,(H2,10,12). The van der Waals surface area contributed by atoms with Crippen LogP contribution in [0, 0.1) is 0 Å². The summed E-state index contributed by atoms with van der Waals surface area (Å²) in [5.74, 6) is 0.613. The van der Waals surface area contributed by atoms with Gasteiger partial charge in [0.1, 0.15) is 10.7 Å². The highest BCUT2D eigenvalue weighted by molar-refractivity contribution is 7.80. The summed E-state index contributed by atoms with van der Waals surface area (Å²) in [4.78, 5) is 0.255. The second kappa shape index (κ2) is 3.40. The molecule has 0 aromatic heterocycles. The van der Waals surface area contributed by atoms with E-state index in [1.807, 2.05) is 0 Å². The molecule has 0 saturated heterocycles. The molecule has 0 fully saturated rings. The molecule has 12 heavy (non-hydrogen) atoms. The summed E-state index contributed by atoms with van der Waals surface area (Å²) in [6, 6.07) is 5.29. The van der Waals surface area contributed by atoms with E-state index in [-0.39, 0.29) is 4.99 Å². The molecule has 4 heteroatoms. The second-order valence-electron chi connectivity index (χ2n) is 2.29. The Morgan fingerprint density at radius 3 is 2.58 bits per heavy atom. The molecule has 1 aromatic carbocycles. The van der Waals surface area contributed by atoms with Crippen LogP contribution < -0.4 is 16.2 Å². The van der Waals surface area contributed by atoms with Gasteiger partial charge in [-0.1, -0.05) is 18.3 Å². The predicted molar refractivity (Wildman–Crippen MR) is 53.3 cm³/mol. The van der Waals surface area contributed by atoms with Gasteiger partial charge in [-0.3, -0.25) is 0 Å². The van der Waals surface area contributed by atoms with Gasteiger partial charge in [0.2, 0.25) is 0 Å². The van der Waals surface area contributed by atoms with E-state index in [2.05, 4.69) is 0 Å². The summed E-state index contributed by atoms with van der Waals surface area (Å²) >= 11 is 4.82. The summed E-state index contributed by atoms with van der Waals surface area (Å²) in [5, 5.41) is 0. The minimum atomic E-state index is 0.255. The van der Waals surface area contributed by atoms with Gasteiger partial charge in [0.15, 0.2) is 0 Å². The molecule has 0 atom stereocenters. The van der Waals surface area contributed by atoms with Crippen LogP contribution >= 0.6 is 12.2 Å². The fraction of sp³-hybridized carbons (Fsp3) is 0.125. The van der Waals surface area contributed by atoms with Gasteiger partial charge in [-0.2, -0.15) is 0 Å². The smallest absolute Gasteiger partial charge is 0.131 e. The lowest BCUT2D eigenvalue weighted by Gasteiger charge is -2.08. The summed E-state index contributed by atoms with van der Waals surface area (Å²) in [6.45, 7) is 0. The Hall–Kier alpha value is -1.29. The van der Waals surface area contributed by atoms with Crippen LogP contribution in [0.15, 0.2) is 18.2 Å². The van der Waals surface area contributed by atoms with Crippen LogP contribution in [0.25, 0.3) is 0 Å². The van der Waals surface area contributed by atoms with Gasteiger partial charge in [-0.05, 0) is 12.1 Å². The molecule has 0 radical (unpaired) electrons. The molecule has 1 rings (SSSR count). The molecule has 0 saturated carbocycles. The number of nitrogens with two attached hydrogens (primary N) is 2. The molecule has 0 aliphatic heterocycles. The molecule has 0 aliphatic carbocycles. The van der Waals surface area contributed by atoms with E-state index in [1.165, 1.54) is 0 Å². The van der Waals surface area contributed by atoms with E-state index in [1.54, 1.807) is 25.3 Å². The molecule has 1 aromatic rings. The van der Waals surface area contributed by atoms with Crippen molar-refractivity contribution >= 4 is 22.9 Å². The van der Waals surface area contributed by atoms with Crippen LogP contribution in [-0.2, 0) is 0 Å². The minimum absolute atomic E-state index is 0.255. The number of ether oxygens (including phenoxy) is 1. The third-order valence-electron chi connectivity index (χ3n) is 1.52. The van der Waals surface area contributed by atoms with Gasteiger partial charge < -0.3 is 16.2 Å². The second-order valence-corrected chi connectivity index (χ2v) is 2.73. The van der Waals surface area contributed by atoms with Crippen molar-refractivity contribution in [2.75, 3.05) is 12.8 Å². The van der Waals surface area contributed by atoms with Crippen molar-refractivity contribution in [1.29, 1.82) is 0 Å². The van der Waals surface area contributed by atoms with E-state index >= 15 is 0 Å². The molecule has 0 spiro atoms. The van der Waals surface area contributed by atoms with Crippen molar-refractivity contribution in [3.05, 3.63) is 23.8 Å². The predicted octanol–water partition coefficient (Wildman–Crippen LogP) is 0.912. The van der Waals surface area contributed by atoms with Gasteiger partial charge in [-0.15, -0.1) is 0 Å². The Balaban J connectivity index is 3.29. The van der Waals surface area contributed by atoms with Crippen LogP contribution in [0.1, 0.15) is 5.56 Å². The highest BCUT2D eigenvalue weighted by Gasteiger charge is 2.08. The van der Waals surface area contributed by atoms with E-state index in [0.29, 0.717) is 17.0 Å². The van der Waals surface area contributed by atoms with Crippen molar-refractivity contribution in [1.82, 2.24) is 0 Å². The minimum Gasteiger partial charge on any atom is -0.496 e. The first-order chi connectivity index (χ1) is 5.66. The summed E-state index contributed by atoms with van der Waals surface area (Å²) in [7, 11) is 1.55. The normalized spacial score (nSPS) is 9.42. The summed E-state index contributed by atoms with van der Waals surface area (Å²) < 4.78 is 5.04. The lowest BCUT2D eigenvalue weighted by molar-refractivity contribution is 0.414. The van der Waals surface area contributed by atoms with Crippen molar-refractivity contribution in [2.24, 2.45) is 5.73 Å². The number of benzene rings is 1. The summed E-state index contributed by atoms with van der Waals surface area (Å²) in [6.07, 6.45) is 0. The zero-order chi connectivity index (χ0) is 9.14. The van der Waals surface area contributed by atoms with Crippen molar-refractivity contribution in [2.45, 2.75) is 0 Å². The largest absolute Gasteiger partial charge is 0.496 e. The average molecular weight is 182 g/mol. The van der Waals surface area contributed by atoms with Gasteiger partial charge >= 0.3 is 0 Å². The molecule has 0 aliphatic rings. The van der Waals surface area contributed by atoms with Crippen molar-refractivity contribution in [3.63, 3.8) is 0 Å². The number of anilines is 1. The average Bonchev–Trinajstić information content (AvgIpc) is 2.03. The van der Waals surface area contributed by atoms with Crippen LogP contribution in [0.4, 0.5) is 5.69 Å². The van der Waals surface area contributed by atoms with E-state index < -0.39 is 0 Å². The zero-order valence-electron chi connectivity index (χ0n) is 6.70. The molecule has 0 amide bonds. The molecule has 0 heterocycles. The Labute approximate surface area is 76.3 Å². The summed E-state index contributed by atoms with van der Waals surface area (Å²) in [5.41, 5.74) is 12.3. The third kappa shape index (κ3) is 1.48. The first-order valence-corrected chi connectivity index (χ1v) is 3.80. The first-order valence-electron chi connectivity index (χ1n) is 3.39. The van der Waals surface area contributed by atoms with Gasteiger partial charge in [0.25, 0.3) is 0 Å². The van der Waals surface area contributed by atoms with Crippen molar-refractivity contribution < 1.29 is 4.74 Å². The fourth-order valence-electron chi connectivity index (χ4n) is 0.982. The quantitative estimate of drug-likeness (QED) is 0.527. The van der Waals surface area contributed by atoms with Gasteiger partial charge in [0.05, 0.1) is 12.7 Å². The zero-order valence-corrected chi connectivity index (χ0v) is 7.52. The van der Waals surface area contributed by atoms with E-state index in [4.69, 9.17) is 28.4 Å². The molecular formula is C8H10N2OS. The lowest BCUT2D eigenvalue weighted by Crippen LogP contribution is -2.13. The molecule has 0 unspecified atom stereocenters. The maximum Gasteiger partial charge on any atom is 0.131 e. The highest BCUT2D eigenvalue weighted by atomic mass is 32.1. The fourth-order valence-corrected chi connectivity index (χ4v) is 1.20. The number of hydrogen-bond acceptors (Lipinski definition) is 3. The van der Waals surface area contributed by atoms with Crippen LogP contribution in [-0.4, -0.2) is 12.1 Å². The third-order valence-corrected chi connectivity index (χ3v) is 1.73. The van der Waals surface area contributed by atoms with Crippen LogP contribution in [0.5, 0.6) is 5.75 Å². The molecule has 64 valence electrons. The van der Waals surface area contributed by atoms with Gasteiger partial charge in [0, 0.05) is 5.69 Å². The molecule has 3 nitrogen and oxygen atoms in total. The first kappa shape index (κ1) is 8.80. The van der Waals surface area contributed by atoms with Crippen LogP contribution in [0.3, 0.4) is 0 Å². The molecule has 0 bridgehead atoms.